The monoisotopic (exact) mass is 63.1 g/mol. The molecule has 0 aromatic heterocycles. The predicted octanol–water partition coefficient (Wildman–Crippen LogP) is -1.77. The molecule has 5 heavy (non-hydrogen) atoms. The van der Waals surface area contributed by atoms with Crippen LogP contribution >= 0.6 is 0 Å². The van der Waals surface area contributed by atoms with Crippen LogP contribution in [0.3, 0.4) is 0 Å². The van der Waals surface area contributed by atoms with Gasteiger partial charge in [0.15, 0.2) is 0 Å². The fraction of sp³-hybridized carbons (Fsp3) is 0.333. The third-order valence-electron chi connectivity index (χ3n) is 0.144. The third kappa shape index (κ3) is 13.5. The summed E-state index contributed by atoms with van der Waals surface area (Å²) in [6.45, 7) is 3.62. The topological polar surface area (TPSA) is 23.8 Å². The molecule has 0 radical (unpaired) electrons. The summed E-state index contributed by atoms with van der Waals surface area (Å²) < 4.78 is 0. The Labute approximate surface area is 44.4 Å². The maximum absolute atomic E-state index is 6.33. The molecule has 0 saturated heterocycles. The summed E-state index contributed by atoms with van der Waals surface area (Å²) in [5.74, 6) is 0. The normalized spacial score (nSPS) is 5.00. The molecule has 0 atom stereocenters. The summed E-state index contributed by atoms with van der Waals surface area (Å²) in [6, 6.07) is 0. The fourth-order valence-corrected chi connectivity index (χ4v) is 0. The molecule has 0 aliphatic heterocycles. The molecule has 0 amide bonds. The van der Waals surface area contributed by atoms with Gasteiger partial charge in [-0.2, -0.15) is 0 Å². The molecule has 0 fully saturated rings. The van der Waals surface area contributed by atoms with E-state index in [2.05, 4.69) is 6.58 Å². The van der Waals surface area contributed by atoms with Crippen molar-refractivity contribution in [2.24, 2.45) is 0 Å². The SMILES string of the molecule is C=CC[NH-].[Li+]. The zero-order chi connectivity index (χ0) is 3.41. The Bertz CT molecular complexity index is 20.9. The standard InChI is InChI=1S/C3H6N.Li/c1-2-3-4;/h2,4H,1,3H2;/q-1;+1. The number of hydrogen-bond acceptors (Lipinski definition) is 0. The quantitative estimate of drug-likeness (QED) is 0.254. The van der Waals surface area contributed by atoms with Crippen molar-refractivity contribution in [2.75, 3.05) is 6.54 Å². The van der Waals surface area contributed by atoms with Gasteiger partial charge in [0, 0.05) is 0 Å². The van der Waals surface area contributed by atoms with E-state index in [1.54, 1.807) is 6.08 Å². The average Bonchev–Trinajstić information content (AvgIpc) is 1.37. The van der Waals surface area contributed by atoms with E-state index in [0.29, 0.717) is 6.54 Å². The van der Waals surface area contributed by atoms with Crippen molar-refractivity contribution in [3.05, 3.63) is 18.4 Å². The molecular formula is C3H6LiN. The molecule has 0 spiro atoms. The Morgan fingerprint density at radius 2 is 2.00 bits per heavy atom. The van der Waals surface area contributed by atoms with E-state index in [1.165, 1.54) is 0 Å². The van der Waals surface area contributed by atoms with E-state index < -0.39 is 0 Å². The van der Waals surface area contributed by atoms with Gasteiger partial charge in [0.05, 0.1) is 0 Å². The summed E-state index contributed by atoms with van der Waals surface area (Å²) in [6.07, 6.45) is 1.54. The van der Waals surface area contributed by atoms with E-state index in [1.807, 2.05) is 0 Å². The van der Waals surface area contributed by atoms with Crippen LogP contribution in [0.1, 0.15) is 0 Å². The summed E-state index contributed by atoms with van der Waals surface area (Å²) >= 11 is 0. The van der Waals surface area contributed by atoms with Crippen LogP contribution in [0.15, 0.2) is 12.7 Å². The molecule has 1 N–H and O–H groups in total. The molecule has 0 rings (SSSR count). The first-order chi connectivity index (χ1) is 1.91. The van der Waals surface area contributed by atoms with Crippen molar-refractivity contribution in [1.29, 1.82) is 0 Å². The number of rotatable bonds is 1. The first kappa shape index (κ1) is 9.00. The molecule has 24 valence electrons. The second kappa shape index (κ2) is 8.85. The smallest absolute Gasteiger partial charge is 0.674 e. The van der Waals surface area contributed by atoms with Crippen LogP contribution < -0.4 is 18.9 Å². The zero-order valence-electron chi connectivity index (χ0n) is 3.49. The maximum Gasteiger partial charge on any atom is 1.00 e. The van der Waals surface area contributed by atoms with Crippen LogP contribution in [0.2, 0.25) is 0 Å². The Balaban J connectivity index is 0. The minimum atomic E-state index is 0. The van der Waals surface area contributed by atoms with Gasteiger partial charge in [-0.3, -0.25) is 0 Å². The summed E-state index contributed by atoms with van der Waals surface area (Å²) in [4.78, 5) is 0. The molecule has 0 bridgehead atoms. The zero-order valence-corrected chi connectivity index (χ0v) is 3.49. The number of nitrogens with one attached hydrogen (secondary N) is 1. The van der Waals surface area contributed by atoms with Crippen LogP contribution in [0.25, 0.3) is 5.73 Å². The van der Waals surface area contributed by atoms with Gasteiger partial charge < -0.3 is 5.73 Å². The molecule has 0 heterocycles. The van der Waals surface area contributed by atoms with Crippen molar-refractivity contribution < 1.29 is 18.9 Å². The molecule has 0 aromatic rings. The van der Waals surface area contributed by atoms with Gasteiger partial charge in [0.1, 0.15) is 0 Å². The maximum atomic E-state index is 6.33. The summed E-state index contributed by atoms with van der Waals surface area (Å²) in [5.41, 5.74) is 6.33. The minimum absolute atomic E-state index is 0. The number of hydrogen-bond donors (Lipinski definition) is 0. The van der Waals surface area contributed by atoms with Crippen LogP contribution in [0.5, 0.6) is 0 Å². The summed E-state index contributed by atoms with van der Waals surface area (Å²) in [7, 11) is 0. The Morgan fingerprint density at radius 1 is 1.80 bits per heavy atom. The molecule has 1 nitrogen and oxygen atoms in total. The Hall–Kier alpha value is 0.297. The first-order valence-electron chi connectivity index (χ1n) is 1.17. The van der Waals surface area contributed by atoms with Gasteiger partial charge in [0.25, 0.3) is 0 Å². The van der Waals surface area contributed by atoms with Crippen molar-refractivity contribution >= 4 is 0 Å². The van der Waals surface area contributed by atoms with E-state index in [4.69, 9.17) is 5.73 Å². The van der Waals surface area contributed by atoms with E-state index in [9.17, 15) is 0 Å². The van der Waals surface area contributed by atoms with E-state index in [0.717, 1.165) is 0 Å². The van der Waals surface area contributed by atoms with Crippen LogP contribution in [-0.2, 0) is 0 Å². The van der Waals surface area contributed by atoms with Crippen molar-refractivity contribution in [1.82, 2.24) is 0 Å². The average molecular weight is 63.0 g/mol. The van der Waals surface area contributed by atoms with Gasteiger partial charge >= 0.3 is 18.9 Å². The molecule has 0 unspecified atom stereocenters. The molecule has 0 aliphatic rings. The van der Waals surface area contributed by atoms with Gasteiger partial charge in [0.2, 0.25) is 0 Å². The third-order valence-corrected chi connectivity index (χ3v) is 0.144. The van der Waals surface area contributed by atoms with Crippen LogP contribution in [-0.4, -0.2) is 6.54 Å². The molecule has 0 aromatic carbocycles. The van der Waals surface area contributed by atoms with Crippen LogP contribution in [0.4, 0.5) is 0 Å². The van der Waals surface area contributed by atoms with E-state index >= 15 is 0 Å². The fourth-order valence-electron chi connectivity index (χ4n) is 0. The van der Waals surface area contributed by atoms with Gasteiger partial charge in [-0.05, 0) is 0 Å². The summed E-state index contributed by atoms with van der Waals surface area (Å²) in [5, 5.41) is 0. The van der Waals surface area contributed by atoms with Gasteiger partial charge in [-0.1, -0.05) is 0 Å². The first-order valence-corrected chi connectivity index (χ1v) is 1.17. The van der Waals surface area contributed by atoms with E-state index in [-0.39, 0.29) is 18.9 Å². The second-order valence-corrected chi connectivity index (χ2v) is 0.493. The predicted molar refractivity (Wildman–Crippen MR) is 19.4 cm³/mol. The Kier molecular flexibility index (Phi) is 15.9. The molecular weight excluding hydrogens is 57.0 g/mol. The second-order valence-electron chi connectivity index (χ2n) is 0.493. The molecule has 0 aliphatic carbocycles. The molecule has 2 heteroatoms. The van der Waals surface area contributed by atoms with Crippen LogP contribution in [0, 0.1) is 0 Å². The van der Waals surface area contributed by atoms with Crippen molar-refractivity contribution in [3.63, 3.8) is 0 Å². The van der Waals surface area contributed by atoms with Gasteiger partial charge in [-0.25, -0.2) is 0 Å². The van der Waals surface area contributed by atoms with Crippen molar-refractivity contribution in [3.8, 4) is 0 Å². The molecule has 0 saturated carbocycles. The minimum Gasteiger partial charge on any atom is -0.674 e. The van der Waals surface area contributed by atoms with Gasteiger partial charge in [-0.15, -0.1) is 19.2 Å². The Morgan fingerprint density at radius 3 is 2.00 bits per heavy atom. The largest absolute Gasteiger partial charge is 1.00 e. The van der Waals surface area contributed by atoms with Crippen molar-refractivity contribution in [2.45, 2.75) is 0 Å².